The molecule has 8 aromatic rings. The number of ether oxygens (including phenoxy) is 2. The number of rotatable bonds is 20. The molecule has 8 rings (SSSR count). The number of thiophene rings is 3. The Morgan fingerprint density at radius 3 is 1.62 bits per heavy atom. The predicted molar refractivity (Wildman–Crippen MR) is 230 cm³/mol. The van der Waals surface area contributed by atoms with Crippen molar-refractivity contribution < 1.29 is 19.1 Å². The molecule has 0 saturated carbocycles. The van der Waals surface area contributed by atoms with Gasteiger partial charge in [0.25, 0.3) is 11.1 Å². The second kappa shape index (κ2) is 16.6. The third kappa shape index (κ3) is 7.35. The van der Waals surface area contributed by atoms with Crippen LogP contribution < -0.4 is 11.1 Å². The van der Waals surface area contributed by atoms with Gasteiger partial charge in [-0.15, -0.1) is 34.0 Å². The highest BCUT2D eigenvalue weighted by Crippen LogP contribution is 2.44. The van der Waals surface area contributed by atoms with Crippen LogP contribution in [0.15, 0.2) is 46.0 Å². The topological polar surface area (TPSA) is 95.6 Å². The lowest BCUT2D eigenvalue weighted by Crippen LogP contribution is -2.13. The summed E-state index contributed by atoms with van der Waals surface area (Å²) in [5, 5.41) is 3.28. The zero-order valence-corrected chi connectivity index (χ0v) is 34.2. The van der Waals surface area contributed by atoms with Crippen LogP contribution in [0.3, 0.4) is 0 Å². The molecule has 0 N–H and O–H groups in total. The quantitative estimate of drug-likeness (QED) is 0.0433. The van der Waals surface area contributed by atoms with Crippen LogP contribution in [0.5, 0.6) is 0 Å². The summed E-state index contributed by atoms with van der Waals surface area (Å²) in [5.74, 6) is -0.355. The molecule has 0 aliphatic rings. The van der Waals surface area contributed by atoms with Crippen molar-refractivity contribution >= 4 is 108 Å². The smallest absolute Gasteiger partial charge is 0.306 e. The molecule has 0 aliphatic heterocycles. The summed E-state index contributed by atoms with van der Waals surface area (Å²) >= 11 is 4.68. The van der Waals surface area contributed by atoms with Crippen LogP contribution in [-0.4, -0.2) is 34.0 Å². The lowest BCUT2D eigenvalue weighted by molar-refractivity contribution is -0.144. The first-order valence-corrected chi connectivity index (χ1v) is 22.6. The van der Waals surface area contributed by atoms with Gasteiger partial charge in [-0.1, -0.05) is 84.1 Å². The molecule has 0 spiro atoms. The molecule has 8 nitrogen and oxygen atoms in total. The predicted octanol–water partition coefficient (Wildman–Crippen LogP) is 11.4. The maximum atomic E-state index is 14.3. The number of benzene rings is 1. The highest BCUT2D eigenvalue weighted by molar-refractivity contribution is 7.27. The Kier molecular flexibility index (Phi) is 11.4. The van der Waals surface area contributed by atoms with Crippen molar-refractivity contribution in [1.82, 2.24) is 8.80 Å². The number of fused-ring (bicyclic) bond motifs is 8. The van der Waals surface area contributed by atoms with Gasteiger partial charge in [0.15, 0.2) is 0 Å². The van der Waals surface area contributed by atoms with E-state index in [9.17, 15) is 19.2 Å². The molecule has 11 heteroatoms. The minimum atomic E-state index is -0.180. The number of carbonyl (C=O) groups excluding carboxylic acids is 2. The van der Waals surface area contributed by atoms with Gasteiger partial charge in [-0.3, -0.25) is 28.0 Å². The minimum Gasteiger partial charge on any atom is -0.466 e. The van der Waals surface area contributed by atoms with Gasteiger partial charge in [-0.05, 0) is 56.0 Å². The van der Waals surface area contributed by atoms with Gasteiger partial charge in [-0.2, -0.15) is 0 Å². The maximum Gasteiger partial charge on any atom is 0.306 e. The first-order chi connectivity index (χ1) is 26.9. The van der Waals surface area contributed by atoms with Crippen LogP contribution in [0.2, 0.25) is 0 Å². The van der Waals surface area contributed by atoms with Crippen molar-refractivity contribution in [3.63, 3.8) is 0 Å². The third-order valence-electron chi connectivity index (χ3n) is 11.0. The lowest BCUT2D eigenvalue weighted by Gasteiger charge is -2.06. The Morgan fingerprint density at radius 1 is 0.545 bits per heavy atom. The molecule has 0 atom stereocenters. The van der Waals surface area contributed by atoms with Gasteiger partial charge in [-0.25, -0.2) is 0 Å². The molecule has 55 heavy (non-hydrogen) atoms. The molecule has 1 aromatic carbocycles. The Labute approximate surface area is 331 Å². The molecule has 7 aromatic heterocycles. The van der Waals surface area contributed by atoms with Crippen LogP contribution in [-0.2, 0) is 31.9 Å². The number of esters is 2. The fourth-order valence-corrected chi connectivity index (χ4v) is 11.5. The zero-order valence-electron chi connectivity index (χ0n) is 31.8. The van der Waals surface area contributed by atoms with E-state index in [1.54, 1.807) is 27.1 Å². The normalized spacial score (nSPS) is 12.3. The second-order valence-corrected chi connectivity index (χ2v) is 18.3. The van der Waals surface area contributed by atoms with E-state index >= 15 is 0 Å². The lowest BCUT2D eigenvalue weighted by atomic mass is 10.0. The van der Waals surface area contributed by atoms with E-state index in [1.165, 1.54) is 62.7 Å². The fraction of sp³-hybridized carbons (Fsp3) is 0.455. The van der Waals surface area contributed by atoms with Crippen LogP contribution in [0, 0.1) is 0 Å². The fourth-order valence-electron chi connectivity index (χ4n) is 8.09. The molecule has 288 valence electrons. The summed E-state index contributed by atoms with van der Waals surface area (Å²) in [6, 6.07) is 12.1. The molecular weight excluding hydrogens is 749 g/mol. The van der Waals surface area contributed by atoms with E-state index in [0.29, 0.717) is 49.0 Å². The largest absolute Gasteiger partial charge is 0.466 e. The summed E-state index contributed by atoms with van der Waals surface area (Å²) in [6.07, 6.45) is 15.6. The number of carbonyl (C=O) groups is 2. The molecule has 0 unspecified atom stereocenters. The van der Waals surface area contributed by atoms with Gasteiger partial charge in [0.1, 0.15) is 4.70 Å². The second-order valence-electron chi connectivity index (χ2n) is 14.9. The molecule has 0 radical (unpaired) electrons. The van der Waals surface area contributed by atoms with Crippen molar-refractivity contribution in [2.24, 2.45) is 0 Å². The van der Waals surface area contributed by atoms with Crippen LogP contribution in [0.1, 0.15) is 113 Å². The molecule has 0 fully saturated rings. The maximum absolute atomic E-state index is 14.3. The molecule has 0 saturated heterocycles. The molecular formula is C44H48N2O6S3. The number of hydrogen-bond acceptors (Lipinski definition) is 9. The van der Waals surface area contributed by atoms with E-state index in [-0.39, 0.29) is 23.1 Å². The molecule has 0 bridgehead atoms. The van der Waals surface area contributed by atoms with E-state index in [2.05, 4.69) is 26.0 Å². The van der Waals surface area contributed by atoms with Crippen LogP contribution in [0.4, 0.5) is 0 Å². The summed E-state index contributed by atoms with van der Waals surface area (Å²) in [5.41, 5.74) is 3.16. The van der Waals surface area contributed by atoms with Crippen molar-refractivity contribution in [3.05, 3.63) is 66.9 Å². The SMILES string of the molecule is CCCCCCCCOC(=O)CCc1cc2c(cc3c4ccc5c(=O)n6c7cc(CCC(=O)OCCCCCCCC)sc7cc6c6sc(c(=O)n23)c4c56)s1. The van der Waals surface area contributed by atoms with Crippen molar-refractivity contribution in [2.45, 2.75) is 117 Å². The highest BCUT2D eigenvalue weighted by atomic mass is 32.1. The Balaban J connectivity index is 1.02. The van der Waals surface area contributed by atoms with E-state index in [1.807, 2.05) is 28.7 Å². The van der Waals surface area contributed by atoms with Crippen molar-refractivity contribution in [2.75, 3.05) is 13.2 Å². The number of aryl methyl sites for hydroxylation is 2. The van der Waals surface area contributed by atoms with Crippen LogP contribution >= 0.6 is 34.0 Å². The molecule has 0 amide bonds. The summed E-state index contributed by atoms with van der Waals surface area (Å²) in [7, 11) is 0. The standard InChI is InChI=1S/C44H48N2O6S3/c1-3-5-7-9-11-13-21-51-37(47)19-15-27-23-32-35(53-27)25-31-29-17-18-30-40-39(29)42(44(50)45(31)32)55-41(40)34-26-36-33(46(34)43(30)49)24-28(54-36)16-20-38(48)52-22-14-12-10-8-6-4-2/h17-18,23-26H,3-16,19-22H2,1-2H3. The number of nitrogens with zero attached hydrogens (tertiary/aromatic N) is 2. The van der Waals surface area contributed by atoms with Gasteiger partial charge in [0.2, 0.25) is 0 Å². The Hall–Kier alpha value is -4.06. The number of pyridine rings is 2. The van der Waals surface area contributed by atoms with E-state index in [0.717, 1.165) is 87.8 Å². The number of unbranched alkanes of at least 4 members (excludes halogenated alkanes) is 10. The monoisotopic (exact) mass is 796 g/mol. The Bertz CT molecular complexity index is 2750. The number of aromatic nitrogens is 2. The van der Waals surface area contributed by atoms with Gasteiger partial charge < -0.3 is 9.47 Å². The number of hydrogen-bond donors (Lipinski definition) is 0. The highest BCUT2D eigenvalue weighted by Gasteiger charge is 2.25. The molecule has 7 heterocycles. The van der Waals surface area contributed by atoms with Crippen molar-refractivity contribution in [1.29, 1.82) is 0 Å². The Morgan fingerprint density at radius 2 is 1.04 bits per heavy atom. The zero-order chi connectivity index (χ0) is 38.1. The first-order valence-electron chi connectivity index (χ1n) is 20.2. The van der Waals surface area contributed by atoms with Gasteiger partial charge in [0, 0.05) is 31.3 Å². The summed E-state index contributed by atoms with van der Waals surface area (Å²) < 4.78 is 18.2. The summed E-state index contributed by atoms with van der Waals surface area (Å²) in [4.78, 5) is 55.5. The van der Waals surface area contributed by atoms with E-state index < -0.39 is 0 Å². The van der Waals surface area contributed by atoms with Gasteiger partial charge in [0.05, 0.1) is 62.2 Å². The third-order valence-corrected chi connectivity index (χ3v) is 14.4. The van der Waals surface area contributed by atoms with E-state index in [4.69, 9.17) is 9.47 Å². The summed E-state index contributed by atoms with van der Waals surface area (Å²) in [6.45, 7) is 5.36. The van der Waals surface area contributed by atoms with Crippen LogP contribution in [0.25, 0.3) is 62.4 Å². The minimum absolute atomic E-state index is 0.0847. The van der Waals surface area contributed by atoms with Gasteiger partial charge >= 0.3 is 11.9 Å². The molecule has 0 aliphatic carbocycles. The first kappa shape index (κ1) is 37.8. The van der Waals surface area contributed by atoms with Crippen molar-refractivity contribution in [3.8, 4) is 0 Å². The average molecular weight is 797 g/mol. The average Bonchev–Trinajstić information content (AvgIpc) is 3.99.